The fourth-order valence-electron chi connectivity index (χ4n) is 4.03. The summed E-state index contributed by atoms with van der Waals surface area (Å²) in [7, 11) is 0. The molecule has 1 aromatic heterocycles. The van der Waals surface area contributed by atoms with Gasteiger partial charge < -0.3 is 4.90 Å². The van der Waals surface area contributed by atoms with Crippen molar-refractivity contribution < 1.29 is 4.79 Å². The molecule has 0 bridgehead atoms. The van der Waals surface area contributed by atoms with Crippen molar-refractivity contribution in [3.63, 3.8) is 0 Å². The van der Waals surface area contributed by atoms with Gasteiger partial charge in [-0.25, -0.2) is 20.4 Å². The number of guanidine groups is 1. The van der Waals surface area contributed by atoms with E-state index >= 15 is 0 Å². The zero-order valence-electron chi connectivity index (χ0n) is 15.2. The lowest BCUT2D eigenvalue weighted by atomic mass is 9.93. The monoisotopic (exact) mass is 379 g/mol. The number of hydrogen-bond acceptors (Lipinski definition) is 6. The fraction of sp³-hybridized carbons (Fsp3) is 0.350. The van der Waals surface area contributed by atoms with Crippen LogP contribution in [-0.2, 0) is 0 Å². The van der Waals surface area contributed by atoms with Crippen molar-refractivity contribution >= 4 is 39.0 Å². The van der Waals surface area contributed by atoms with Crippen LogP contribution < -0.4 is 5.43 Å². The van der Waals surface area contributed by atoms with Gasteiger partial charge in [0.25, 0.3) is 5.91 Å². The summed E-state index contributed by atoms with van der Waals surface area (Å²) < 4.78 is 1.17. The van der Waals surface area contributed by atoms with Crippen LogP contribution in [0.15, 0.2) is 52.1 Å². The first-order chi connectivity index (χ1) is 13.2. The molecule has 1 unspecified atom stereocenters. The predicted molar refractivity (Wildman–Crippen MR) is 109 cm³/mol. The molecule has 2 aromatic rings. The zero-order chi connectivity index (χ0) is 18.4. The highest BCUT2D eigenvalue weighted by atomic mass is 32.1. The number of nitrogens with zero attached hydrogens (tertiary/aromatic N) is 4. The van der Waals surface area contributed by atoms with Crippen LogP contribution in [0.25, 0.3) is 10.1 Å². The van der Waals surface area contributed by atoms with E-state index in [2.05, 4.69) is 33.6 Å². The maximum Gasteiger partial charge on any atom is 0.263 e. The van der Waals surface area contributed by atoms with Crippen molar-refractivity contribution in [3.8, 4) is 0 Å². The van der Waals surface area contributed by atoms with E-state index in [4.69, 9.17) is 0 Å². The van der Waals surface area contributed by atoms with Gasteiger partial charge in [0.1, 0.15) is 6.67 Å². The van der Waals surface area contributed by atoms with Gasteiger partial charge in [0.05, 0.1) is 4.88 Å². The summed E-state index contributed by atoms with van der Waals surface area (Å²) in [6, 6.07) is 10.2. The SMILES string of the molecule is CC1=NC2=NCNN2C(C2CCCN(C(=O)c3cc4ccccc4s3)C2)=C1. The number of nitrogens with one attached hydrogen (secondary N) is 1. The van der Waals surface area contributed by atoms with Gasteiger partial charge in [0, 0.05) is 35.1 Å². The molecule has 3 aliphatic rings. The van der Waals surface area contributed by atoms with Gasteiger partial charge in [0.15, 0.2) is 0 Å². The van der Waals surface area contributed by atoms with Crippen LogP contribution in [0.3, 0.4) is 0 Å². The van der Waals surface area contributed by atoms with Crippen molar-refractivity contribution in [2.24, 2.45) is 15.9 Å². The van der Waals surface area contributed by atoms with Crippen molar-refractivity contribution in [2.45, 2.75) is 19.8 Å². The Labute approximate surface area is 161 Å². The maximum absolute atomic E-state index is 13.1. The summed E-state index contributed by atoms with van der Waals surface area (Å²) in [5.74, 6) is 1.17. The first-order valence-corrected chi connectivity index (χ1v) is 10.1. The zero-order valence-corrected chi connectivity index (χ0v) is 16.0. The van der Waals surface area contributed by atoms with E-state index in [9.17, 15) is 4.79 Å². The van der Waals surface area contributed by atoms with E-state index in [0.717, 1.165) is 47.9 Å². The van der Waals surface area contributed by atoms with Gasteiger partial charge in [-0.3, -0.25) is 4.79 Å². The largest absolute Gasteiger partial charge is 0.337 e. The molecular weight excluding hydrogens is 358 g/mol. The molecule has 0 radical (unpaired) electrons. The lowest BCUT2D eigenvalue weighted by Crippen LogP contribution is -2.46. The average Bonchev–Trinajstić information content (AvgIpc) is 3.33. The Hall–Kier alpha value is -2.51. The minimum absolute atomic E-state index is 0.144. The summed E-state index contributed by atoms with van der Waals surface area (Å²) in [4.78, 5) is 24.9. The number of hydrogen-bond donors (Lipinski definition) is 1. The third-order valence-electron chi connectivity index (χ3n) is 5.30. The van der Waals surface area contributed by atoms with E-state index in [1.165, 1.54) is 10.4 Å². The van der Waals surface area contributed by atoms with E-state index in [-0.39, 0.29) is 5.91 Å². The summed E-state index contributed by atoms with van der Waals surface area (Å²) in [5, 5.41) is 3.13. The Kier molecular flexibility index (Phi) is 4.06. The molecule has 0 saturated carbocycles. The van der Waals surface area contributed by atoms with Crippen molar-refractivity contribution in [1.82, 2.24) is 15.3 Å². The van der Waals surface area contributed by atoms with Gasteiger partial charge in [-0.15, -0.1) is 11.3 Å². The predicted octanol–water partition coefficient (Wildman–Crippen LogP) is 3.25. The van der Waals surface area contributed by atoms with Crippen LogP contribution >= 0.6 is 11.3 Å². The molecule has 138 valence electrons. The third kappa shape index (κ3) is 2.96. The second kappa shape index (κ2) is 6.58. The molecule has 27 heavy (non-hydrogen) atoms. The quantitative estimate of drug-likeness (QED) is 0.871. The molecule has 5 rings (SSSR count). The highest BCUT2D eigenvalue weighted by Crippen LogP contribution is 2.31. The lowest BCUT2D eigenvalue weighted by Gasteiger charge is -2.37. The van der Waals surface area contributed by atoms with E-state index in [1.54, 1.807) is 11.3 Å². The minimum Gasteiger partial charge on any atom is -0.337 e. The number of aliphatic imine (C=N–C) groups is 2. The number of benzene rings is 1. The number of amides is 1. The number of thiophene rings is 1. The summed E-state index contributed by atoms with van der Waals surface area (Å²) in [6.45, 7) is 4.11. The van der Waals surface area contributed by atoms with Crippen LogP contribution in [-0.4, -0.2) is 47.2 Å². The molecular formula is C20H21N5OS. The molecule has 4 heterocycles. The standard InChI is InChI=1S/C20H21N5OS/c1-13-9-16(25-20(23-13)21-12-22-25)15-6-4-8-24(11-15)19(26)18-10-14-5-2-3-7-17(14)27-18/h2-3,5,7,9-10,15,22H,4,6,8,11-12H2,1H3. The van der Waals surface area contributed by atoms with Crippen molar-refractivity contribution in [1.29, 1.82) is 0 Å². The molecule has 1 saturated heterocycles. The Bertz CT molecular complexity index is 972. The maximum atomic E-state index is 13.1. The molecule has 3 aliphatic heterocycles. The van der Waals surface area contributed by atoms with Crippen molar-refractivity contribution in [3.05, 3.63) is 47.0 Å². The topological polar surface area (TPSA) is 60.3 Å². The second-order valence-electron chi connectivity index (χ2n) is 7.17. The number of carbonyl (C=O) groups is 1. The Balaban J connectivity index is 1.38. The molecule has 1 aromatic carbocycles. The van der Waals surface area contributed by atoms with E-state index in [0.29, 0.717) is 12.6 Å². The summed E-state index contributed by atoms with van der Waals surface area (Å²) in [5.41, 5.74) is 5.42. The number of hydrazine groups is 1. The van der Waals surface area contributed by atoms with Crippen LogP contribution in [0.2, 0.25) is 0 Å². The Morgan fingerprint density at radius 2 is 2.22 bits per heavy atom. The number of rotatable bonds is 2. The van der Waals surface area contributed by atoms with Crippen molar-refractivity contribution in [2.75, 3.05) is 19.8 Å². The molecule has 6 nitrogen and oxygen atoms in total. The highest BCUT2D eigenvalue weighted by Gasteiger charge is 2.33. The smallest absolute Gasteiger partial charge is 0.263 e. The Morgan fingerprint density at radius 3 is 3.11 bits per heavy atom. The van der Waals surface area contributed by atoms with Gasteiger partial charge in [0.2, 0.25) is 5.96 Å². The molecule has 0 aliphatic carbocycles. The van der Waals surface area contributed by atoms with Crippen LogP contribution in [0.1, 0.15) is 29.4 Å². The number of fused-ring (bicyclic) bond motifs is 2. The first-order valence-electron chi connectivity index (χ1n) is 9.32. The second-order valence-corrected chi connectivity index (χ2v) is 8.25. The van der Waals surface area contributed by atoms with Gasteiger partial charge in [-0.2, -0.15) is 0 Å². The van der Waals surface area contributed by atoms with Gasteiger partial charge >= 0.3 is 0 Å². The van der Waals surface area contributed by atoms with Crippen LogP contribution in [0, 0.1) is 5.92 Å². The number of allylic oxidation sites excluding steroid dienone is 1. The number of carbonyl (C=O) groups excluding carboxylic acids is 1. The van der Waals surface area contributed by atoms with Gasteiger partial charge in [-0.1, -0.05) is 18.2 Å². The molecule has 1 N–H and O–H groups in total. The molecule has 1 atom stereocenters. The normalized spacial score (nSPS) is 22.4. The van der Waals surface area contributed by atoms with E-state index < -0.39 is 0 Å². The fourth-order valence-corrected chi connectivity index (χ4v) is 5.06. The van der Waals surface area contributed by atoms with Gasteiger partial charge in [-0.05, 0) is 43.4 Å². The Morgan fingerprint density at radius 1 is 1.33 bits per heavy atom. The average molecular weight is 379 g/mol. The number of piperidine rings is 1. The number of likely N-dealkylation sites (tertiary alicyclic amines) is 1. The first kappa shape index (κ1) is 16.6. The minimum atomic E-state index is 0.144. The lowest BCUT2D eigenvalue weighted by molar-refractivity contribution is 0.0684. The summed E-state index contributed by atoms with van der Waals surface area (Å²) >= 11 is 1.58. The van der Waals surface area contributed by atoms with Crippen LogP contribution in [0.5, 0.6) is 0 Å². The molecule has 0 spiro atoms. The summed E-state index contributed by atoms with van der Waals surface area (Å²) in [6.07, 6.45) is 4.20. The van der Waals surface area contributed by atoms with E-state index in [1.807, 2.05) is 35.0 Å². The van der Waals surface area contributed by atoms with Crippen LogP contribution in [0.4, 0.5) is 0 Å². The molecule has 1 amide bonds. The molecule has 7 heteroatoms. The highest BCUT2D eigenvalue weighted by molar-refractivity contribution is 7.20. The third-order valence-corrected chi connectivity index (χ3v) is 6.41. The molecule has 1 fully saturated rings.